The van der Waals surface area contributed by atoms with Gasteiger partial charge in [-0.05, 0) is 12.5 Å². The van der Waals surface area contributed by atoms with Gasteiger partial charge in [-0.1, -0.05) is 29.8 Å². The second-order valence-electron chi connectivity index (χ2n) is 3.42. The molecule has 0 spiro atoms. The van der Waals surface area contributed by atoms with Crippen LogP contribution in [0.5, 0.6) is 0 Å². The number of hydrogen-bond acceptors (Lipinski definition) is 2. The van der Waals surface area contributed by atoms with Crippen molar-refractivity contribution in [2.45, 2.75) is 19.8 Å². The van der Waals surface area contributed by atoms with Gasteiger partial charge in [0.25, 0.3) is 0 Å². The monoisotopic (exact) mass is 202 g/mol. The van der Waals surface area contributed by atoms with Gasteiger partial charge in [0.05, 0.1) is 18.9 Å². The molecule has 1 amide bonds. The first-order valence-electron chi connectivity index (χ1n) is 4.91. The molecule has 1 aromatic carbocycles. The molecule has 1 aromatic rings. The molecule has 0 aliphatic carbocycles. The van der Waals surface area contributed by atoms with Crippen LogP contribution in [-0.4, -0.2) is 12.5 Å². The van der Waals surface area contributed by atoms with E-state index in [1.807, 2.05) is 37.3 Å². The van der Waals surface area contributed by atoms with Gasteiger partial charge in [0.1, 0.15) is 0 Å². The molecule has 0 aliphatic rings. The standard InChI is InChI=1S/C12H14N2O/c1-10-4-2-5-11(8-10)9-12(15)14-7-3-6-13/h2,4-5,8H,3,7,9H2,1H3,(H,14,15). The molecule has 3 heteroatoms. The van der Waals surface area contributed by atoms with Crippen molar-refractivity contribution in [3.05, 3.63) is 35.4 Å². The molecule has 78 valence electrons. The van der Waals surface area contributed by atoms with E-state index < -0.39 is 0 Å². The van der Waals surface area contributed by atoms with Crippen molar-refractivity contribution >= 4 is 5.91 Å². The van der Waals surface area contributed by atoms with E-state index in [-0.39, 0.29) is 5.91 Å². The number of nitrogens with zero attached hydrogens (tertiary/aromatic N) is 1. The van der Waals surface area contributed by atoms with Gasteiger partial charge in [0.15, 0.2) is 0 Å². The summed E-state index contributed by atoms with van der Waals surface area (Å²) in [6.45, 7) is 2.43. The second kappa shape index (κ2) is 5.82. The number of nitrogens with one attached hydrogen (secondary N) is 1. The molecular formula is C12H14N2O. The number of amides is 1. The molecule has 0 saturated heterocycles. The average Bonchev–Trinajstić information content (AvgIpc) is 2.18. The van der Waals surface area contributed by atoms with E-state index in [2.05, 4.69) is 5.32 Å². The van der Waals surface area contributed by atoms with E-state index in [1.54, 1.807) is 0 Å². The summed E-state index contributed by atoms with van der Waals surface area (Å²) in [5.74, 6) is -0.0316. The quantitative estimate of drug-likeness (QED) is 0.753. The highest BCUT2D eigenvalue weighted by molar-refractivity contribution is 5.78. The van der Waals surface area contributed by atoms with Gasteiger partial charge in [-0.2, -0.15) is 5.26 Å². The minimum Gasteiger partial charge on any atom is -0.355 e. The van der Waals surface area contributed by atoms with E-state index in [9.17, 15) is 4.79 Å². The molecule has 15 heavy (non-hydrogen) atoms. The molecular weight excluding hydrogens is 188 g/mol. The maximum atomic E-state index is 11.4. The van der Waals surface area contributed by atoms with E-state index in [1.165, 1.54) is 0 Å². The predicted octanol–water partition coefficient (Wildman–Crippen LogP) is 1.57. The van der Waals surface area contributed by atoms with Crippen molar-refractivity contribution in [3.8, 4) is 6.07 Å². The number of hydrogen-bond donors (Lipinski definition) is 1. The van der Waals surface area contributed by atoms with Crippen LogP contribution < -0.4 is 5.32 Å². The zero-order valence-corrected chi connectivity index (χ0v) is 8.79. The molecule has 1 N–H and O–H groups in total. The van der Waals surface area contributed by atoms with Crippen molar-refractivity contribution in [1.82, 2.24) is 5.32 Å². The number of carbonyl (C=O) groups is 1. The van der Waals surface area contributed by atoms with E-state index in [4.69, 9.17) is 5.26 Å². The number of aryl methyl sites for hydroxylation is 1. The van der Waals surface area contributed by atoms with Crippen LogP contribution in [0.15, 0.2) is 24.3 Å². The maximum Gasteiger partial charge on any atom is 0.224 e. The van der Waals surface area contributed by atoms with Gasteiger partial charge in [-0.15, -0.1) is 0 Å². The smallest absolute Gasteiger partial charge is 0.224 e. The molecule has 0 atom stereocenters. The fourth-order valence-corrected chi connectivity index (χ4v) is 1.33. The summed E-state index contributed by atoms with van der Waals surface area (Å²) in [5, 5.41) is 11.0. The number of benzene rings is 1. The van der Waals surface area contributed by atoms with Crippen LogP contribution in [0, 0.1) is 18.3 Å². The molecule has 0 heterocycles. The summed E-state index contributed by atoms with van der Waals surface area (Å²) >= 11 is 0. The lowest BCUT2D eigenvalue weighted by Crippen LogP contribution is -2.25. The van der Waals surface area contributed by atoms with Crippen molar-refractivity contribution in [3.63, 3.8) is 0 Å². The third-order valence-electron chi connectivity index (χ3n) is 2.01. The van der Waals surface area contributed by atoms with E-state index >= 15 is 0 Å². The molecule has 0 aliphatic heterocycles. The van der Waals surface area contributed by atoms with Crippen LogP contribution in [0.3, 0.4) is 0 Å². The summed E-state index contributed by atoms with van der Waals surface area (Å²) in [4.78, 5) is 11.4. The van der Waals surface area contributed by atoms with Crippen molar-refractivity contribution < 1.29 is 4.79 Å². The Hall–Kier alpha value is -1.82. The zero-order valence-electron chi connectivity index (χ0n) is 8.79. The fraction of sp³-hybridized carbons (Fsp3) is 0.333. The Morgan fingerprint density at radius 2 is 2.33 bits per heavy atom. The summed E-state index contributed by atoms with van der Waals surface area (Å²) in [6, 6.07) is 9.83. The topological polar surface area (TPSA) is 52.9 Å². The number of carbonyl (C=O) groups excluding carboxylic acids is 1. The zero-order chi connectivity index (χ0) is 11.1. The third-order valence-corrected chi connectivity index (χ3v) is 2.01. The highest BCUT2D eigenvalue weighted by Crippen LogP contribution is 2.04. The van der Waals surface area contributed by atoms with Gasteiger partial charge >= 0.3 is 0 Å². The fourth-order valence-electron chi connectivity index (χ4n) is 1.33. The van der Waals surface area contributed by atoms with E-state index in [0.29, 0.717) is 19.4 Å². The van der Waals surface area contributed by atoms with Gasteiger partial charge < -0.3 is 5.32 Å². The molecule has 0 aromatic heterocycles. The minimum atomic E-state index is -0.0316. The maximum absolute atomic E-state index is 11.4. The molecule has 0 unspecified atom stereocenters. The molecule has 0 saturated carbocycles. The second-order valence-corrected chi connectivity index (χ2v) is 3.42. The van der Waals surface area contributed by atoms with Crippen LogP contribution in [0.1, 0.15) is 17.5 Å². The van der Waals surface area contributed by atoms with Crippen LogP contribution in [0.25, 0.3) is 0 Å². The van der Waals surface area contributed by atoms with Crippen molar-refractivity contribution in [2.24, 2.45) is 0 Å². The average molecular weight is 202 g/mol. The Balaban J connectivity index is 2.42. The first kappa shape index (κ1) is 11.3. The lowest BCUT2D eigenvalue weighted by Gasteiger charge is -2.03. The van der Waals surface area contributed by atoms with Crippen LogP contribution in [0.4, 0.5) is 0 Å². The predicted molar refractivity (Wildman–Crippen MR) is 58.1 cm³/mol. The Labute approximate surface area is 89.7 Å². The van der Waals surface area contributed by atoms with Crippen LogP contribution >= 0.6 is 0 Å². The van der Waals surface area contributed by atoms with Crippen LogP contribution in [-0.2, 0) is 11.2 Å². The molecule has 0 radical (unpaired) electrons. The van der Waals surface area contributed by atoms with Gasteiger partial charge in [-0.25, -0.2) is 0 Å². The van der Waals surface area contributed by atoms with Crippen molar-refractivity contribution in [2.75, 3.05) is 6.54 Å². The number of nitriles is 1. The largest absolute Gasteiger partial charge is 0.355 e. The summed E-state index contributed by atoms with van der Waals surface area (Å²) < 4.78 is 0. The van der Waals surface area contributed by atoms with E-state index in [0.717, 1.165) is 11.1 Å². The van der Waals surface area contributed by atoms with Gasteiger partial charge in [-0.3, -0.25) is 4.79 Å². The summed E-state index contributed by atoms with van der Waals surface area (Å²) in [5.41, 5.74) is 2.15. The summed E-state index contributed by atoms with van der Waals surface area (Å²) in [6.07, 6.45) is 0.743. The first-order chi connectivity index (χ1) is 7.22. The first-order valence-corrected chi connectivity index (χ1v) is 4.91. The Morgan fingerprint density at radius 3 is 3.00 bits per heavy atom. The Morgan fingerprint density at radius 1 is 1.53 bits per heavy atom. The SMILES string of the molecule is Cc1cccc(CC(=O)NCCC#N)c1. The molecule has 1 rings (SSSR count). The highest BCUT2D eigenvalue weighted by Gasteiger charge is 2.02. The normalized spacial score (nSPS) is 9.33. The molecule has 0 bridgehead atoms. The lowest BCUT2D eigenvalue weighted by molar-refractivity contribution is -0.120. The van der Waals surface area contributed by atoms with Crippen LogP contribution in [0.2, 0.25) is 0 Å². The van der Waals surface area contributed by atoms with Crippen molar-refractivity contribution in [1.29, 1.82) is 5.26 Å². The molecule has 3 nitrogen and oxygen atoms in total. The third kappa shape index (κ3) is 4.28. The number of rotatable bonds is 4. The minimum absolute atomic E-state index is 0.0316. The van der Waals surface area contributed by atoms with Gasteiger partial charge in [0, 0.05) is 6.54 Å². The Bertz CT molecular complexity index is 379. The summed E-state index contributed by atoms with van der Waals surface area (Å²) in [7, 11) is 0. The van der Waals surface area contributed by atoms with Gasteiger partial charge in [0.2, 0.25) is 5.91 Å². The highest BCUT2D eigenvalue weighted by atomic mass is 16.1. The lowest BCUT2D eigenvalue weighted by atomic mass is 10.1. The molecule has 0 fully saturated rings. The Kier molecular flexibility index (Phi) is 4.36.